The number of rotatable bonds is 1. The zero-order chi connectivity index (χ0) is 15.4. The van der Waals surface area contributed by atoms with Crippen LogP contribution >= 0.6 is 0 Å². The Bertz CT molecular complexity index is 995. The number of nitro groups is 1. The second kappa shape index (κ2) is 4.43. The maximum Gasteiger partial charge on any atom is 0.336 e. The lowest BCUT2D eigenvalue weighted by Crippen LogP contribution is -2.01. The van der Waals surface area contributed by atoms with E-state index in [1.54, 1.807) is 6.92 Å². The number of hydrogen-bond donors (Lipinski definition) is 0. The molecule has 22 heavy (non-hydrogen) atoms. The van der Waals surface area contributed by atoms with E-state index in [0.717, 1.165) is 37.0 Å². The number of furan rings is 1. The summed E-state index contributed by atoms with van der Waals surface area (Å²) in [6, 6.07) is 2.79. The standard InChI is InChI=1S/C16H13NO5/c1-8-6-13(18)22-15-10(8)7-11(17(19)20)16-14(15)9-4-2-3-5-12(9)21-16/h6-7H,2-5H2,1H3. The quantitative estimate of drug-likeness (QED) is 0.389. The molecule has 0 saturated carbocycles. The molecule has 1 aromatic carbocycles. The number of nitro benzene ring substituents is 1. The van der Waals surface area contributed by atoms with Gasteiger partial charge in [-0.3, -0.25) is 10.1 Å². The van der Waals surface area contributed by atoms with Crippen LogP contribution in [0.15, 0.2) is 25.8 Å². The fraction of sp³-hybridized carbons (Fsp3) is 0.312. The average molecular weight is 299 g/mol. The minimum absolute atomic E-state index is 0.0751. The summed E-state index contributed by atoms with van der Waals surface area (Å²) in [4.78, 5) is 22.7. The van der Waals surface area contributed by atoms with E-state index in [9.17, 15) is 14.9 Å². The molecule has 0 amide bonds. The third-order valence-electron chi connectivity index (χ3n) is 4.32. The Labute approximate surface area is 124 Å². The maximum atomic E-state index is 11.7. The van der Waals surface area contributed by atoms with Gasteiger partial charge in [0.1, 0.15) is 5.76 Å². The van der Waals surface area contributed by atoms with E-state index in [4.69, 9.17) is 8.83 Å². The molecule has 3 aromatic rings. The van der Waals surface area contributed by atoms with Gasteiger partial charge in [-0.2, -0.15) is 0 Å². The molecular weight excluding hydrogens is 286 g/mol. The highest BCUT2D eigenvalue weighted by molar-refractivity contribution is 6.09. The Morgan fingerprint density at radius 2 is 1.91 bits per heavy atom. The third kappa shape index (κ3) is 1.70. The van der Waals surface area contributed by atoms with Gasteiger partial charge in [0.2, 0.25) is 5.58 Å². The Hall–Kier alpha value is -2.63. The molecule has 2 heterocycles. The van der Waals surface area contributed by atoms with Gasteiger partial charge in [-0.05, 0) is 31.7 Å². The highest BCUT2D eigenvalue weighted by Gasteiger charge is 2.28. The number of nitrogens with zero attached hydrogens (tertiary/aromatic N) is 1. The third-order valence-corrected chi connectivity index (χ3v) is 4.32. The summed E-state index contributed by atoms with van der Waals surface area (Å²) in [6.45, 7) is 1.75. The lowest BCUT2D eigenvalue weighted by molar-refractivity contribution is -0.383. The minimum Gasteiger partial charge on any atom is -0.453 e. The molecule has 0 unspecified atom stereocenters. The van der Waals surface area contributed by atoms with Crippen molar-refractivity contribution < 1.29 is 13.8 Å². The van der Waals surface area contributed by atoms with Crippen molar-refractivity contribution >= 4 is 27.6 Å². The predicted molar refractivity (Wildman–Crippen MR) is 80.3 cm³/mol. The number of fused-ring (bicyclic) bond motifs is 5. The first kappa shape index (κ1) is 13.1. The van der Waals surface area contributed by atoms with Crippen molar-refractivity contribution in [2.24, 2.45) is 0 Å². The number of aryl methyl sites for hydroxylation is 3. The zero-order valence-electron chi connectivity index (χ0n) is 12.0. The fourth-order valence-electron chi connectivity index (χ4n) is 3.31. The number of hydrogen-bond acceptors (Lipinski definition) is 5. The van der Waals surface area contributed by atoms with Crippen LogP contribution in [0.5, 0.6) is 0 Å². The van der Waals surface area contributed by atoms with E-state index in [1.165, 1.54) is 12.1 Å². The van der Waals surface area contributed by atoms with Crippen LogP contribution in [0.25, 0.3) is 21.9 Å². The SMILES string of the molecule is Cc1cc(=O)oc2c1cc([N+](=O)[O-])c1oc3c(c12)CCCC3. The lowest BCUT2D eigenvalue weighted by atomic mass is 9.94. The summed E-state index contributed by atoms with van der Waals surface area (Å²) in [5.74, 6) is 0.779. The van der Waals surface area contributed by atoms with Gasteiger partial charge in [0.25, 0.3) is 0 Å². The molecule has 0 bridgehead atoms. The monoisotopic (exact) mass is 299 g/mol. The van der Waals surface area contributed by atoms with Crippen LogP contribution in [0.2, 0.25) is 0 Å². The van der Waals surface area contributed by atoms with Gasteiger partial charge < -0.3 is 8.83 Å². The van der Waals surface area contributed by atoms with E-state index in [2.05, 4.69) is 0 Å². The zero-order valence-corrected chi connectivity index (χ0v) is 12.0. The predicted octanol–water partition coefficient (Wildman–Crippen LogP) is 3.63. The van der Waals surface area contributed by atoms with Gasteiger partial charge in [0, 0.05) is 29.5 Å². The van der Waals surface area contributed by atoms with Gasteiger partial charge in [0.15, 0.2) is 5.58 Å². The van der Waals surface area contributed by atoms with Crippen molar-refractivity contribution in [3.05, 3.63) is 49.6 Å². The molecule has 112 valence electrons. The molecule has 0 radical (unpaired) electrons. The smallest absolute Gasteiger partial charge is 0.336 e. The summed E-state index contributed by atoms with van der Waals surface area (Å²) in [5.41, 5.74) is 1.71. The normalized spacial score (nSPS) is 14.4. The van der Waals surface area contributed by atoms with Crippen LogP contribution in [0.4, 0.5) is 5.69 Å². The Morgan fingerprint density at radius 3 is 2.68 bits per heavy atom. The molecule has 0 saturated heterocycles. The molecule has 0 fully saturated rings. The summed E-state index contributed by atoms with van der Waals surface area (Å²) in [6.07, 6.45) is 3.55. The van der Waals surface area contributed by atoms with Gasteiger partial charge in [0.05, 0.1) is 10.3 Å². The molecule has 0 aliphatic heterocycles. The second-order valence-electron chi connectivity index (χ2n) is 5.69. The van der Waals surface area contributed by atoms with E-state index in [-0.39, 0.29) is 11.3 Å². The van der Waals surface area contributed by atoms with Crippen LogP contribution in [-0.2, 0) is 12.8 Å². The minimum atomic E-state index is -0.453. The van der Waals surface area contributed by atoms with Crippen molar-refractivity contribution in [2.45, 2.75) is 32.6 Å². The highest BCUT2D eigenvalue weighted by Crippen LogP contribution is 2.41. The van der Waals surface area contributed by atoms with E-state index in [0.29, 0.717) is 21.9 Å². The van der Waals surface area contributed by atoms with Gasteiger partial charge in [-0.1, -0.05) is 0 Å². The van der Waals surface area contributed by atoms with Gasteiger partial charge >= 0.3 is 11.3 Å². The van der Waals surface area contributed by atoms with E-state index < -0.39 is 10.5 Å². The Balaban J connectivity index is 2.28. The molecule has 4 rings (SSSR count). The van der Waals surface area contributed by atoms with E-state index in [1.807, 2.05) is 0 Å². The second-order valence-corrected chi connectivity index (χ2v) is 5.69. The fourth-order valence-corrected chi connectivity index (χ4v) is 3.31. The molecule has 1 aliphatic carbocycles. The number of benzene rings is 1. The van der Waals surface area contributed by atoms with Crippen molar-refractivity contribution in [1.29, 1.82) is 0 Å². The average Bonchev–Trinajstić information content (AvgIpc) is 2.85. The van der Waals surface area contributed by atoms with E-state index >= 15 is 0 Å². The maximum absolute atomic E-state index is 11.7. The van der Waals surface area contributed by atoms with Crippen LogP contribution in [-0.4, -0.2) is 4.92 Å². The first-order chi connectivity index (χ1) is 10.6. The topological polar surface area (TPSA) is 86.5 Å². The molecule has 0 N–H and O–H groups in total. The van der Waals surface area contributed by atoms with Crippen LogP contribution in [0.3, 0.4) is 0 Å². The summed E-state index contributed by atoms with van der Waals surface area (Å²) >= 11 is 0. The molecule has 0 spiro atoms. The summed E-state index contributed by atoms with van der Waals surface area (Å²) < 4.78 is 11.1. The van der Waals surface area contributed by atoms with Crippen LogP contribution in [0.1, 0.15) is 29.7 Å². The lowest BCUT2D eigenvalue weighted by Gasteiger charge is -2.09. The molecule has 6 heteroatoms. The van der Waals surface area contributed by atoms with Crippen molar-refractivity contribution in [2.75, 3.05) is 0 Å². The van der Waals surface area contributed by atoms with Crippen molar-refractivity contribution in [3.8, 4) is 0 Å². The molecule has 1 aliphatic rings. The number of non-ortho nitro benzene ring substituents is 1. The molecule has 6 nitrogen and oxygen atoms in total. The Kier molecular flexibility index (Phi) is 2.63. The molecular formula is C16H13NO5. The van der Waals surface area contributed by atoms with Crippen molar-refractivity contribution in [3.63, 3.8) is 0 Å². The first-order valence-corrected chi connectivity index (χ1v) is 7.22. The van der Waals surface area contributed by atoms with Gasteiger partial charge in [-0.25, -0.2) is 4.79 Å². The largest absolute Gasteiger partial charge is 0.453 e. The molecule has 0 atom stereocenters. The van der Waals surface area contributed by atoms with Crippen molar-refractivity contribution in [1.82, 2.24) is 0 Å². The van der Waals surface area contributed by atoms with Gasteiger partial charge in [-0.15, -0.1) is 0 Å². The summed E-state index contributed by atoms with van der Waals surface area (Å²) in [5, 5.41) is 12.6. The summed E-state index contributed by atoms with van der Waals surface area (Å²) in [7, 11) is 0. The van der Waals surface area contributed by atoms with Crippen LogP contribution in [0, 0.1) is 17.0 Å². The molecule has 2 aromatic heterocycles. The highest BCUT2D eigenvalue weighted by atomic mass is 16.6. The first-order valence-electron chi connectivity index (χ1n) is 7.22. The Morgan fingerprint density at radius 1 is 1.14 bits per heavy atom. The van der Waals surface area contributed by atoms with Crippen LogP contribution < -0.4 is 5.63 Å².